The van der Waals surface area contributed by atoms with E-state index in [9.17, 15) is 4.79 Å². The van der Waals surface area contributed by atoms with Gasteiger partial charge in [0.15, 0.2) is 0 Å². The molecular weight excluding hydrogens is 157 g/mol. The SMILES string of the molecule is CO[13C](=O)c1ccc([13C]#[15N])cc1. The highest BCUT2D eigenvalue weighted by Gasteiger charge is 2.03. The quantitative estimate of drug-likeness (QED) is 0.357. The molecule has 0 saturated carbocycles. The van der Waals surface area contributed by atoms with Crippen LogP contribution in [0.4, 0.5) is 0 Å². The Morgan fingerprint density at radius 1 is 1.42 bits per heavy atom. The Morgan fingerprint density at radius 2 is 2.00 bits per heavy atom. The summed E-state index contributed by atoms with van der Waals surface area (Å²) < 4.78 is 4.49. The molecule has 3 nitrogen and oxygen atoms in total. The number of esters is 1. The molecule has 0 radical (unpaired) electrons. The van der Waals surface area contributed by atoms with Crippen molar-refractivity contribution in [2.45, 2.75) is 0 Å². The van der Waals surface area contributed by atoms with E-state index in [0.717, 1.165) is 0 Å². The number of rotatable bonds is 1. The van der Waals surface area contributed by atoms with Gasteiger partial charge < -0.3 is 4.74 Å². The molecule has 0 bridgehead atoms. The lowest BCUT2D eigenvalue weighted by Gasteiger charge is -1.97. The van der Waals surface area contributed by atoms with Crippen molar-refractivity contribution in [2.24, 2.45) is 0 Å². The minimum Gasteiger partial charge on any atom is -0.465 e. The van der Waals surface area contributed by atoms with Gasteiger partial charge in [0.2, 0.25) is 0 Å². The number of carbonyl (C=O) groups is 1. The summed E-state index contributed by atoms with van der Waals surface area (Å²) in [5.41, 5.74) is 0.985. The second-order valence-electron chi connectivity index (χ2n) is 2.18. The Balaban J connectivity index is 2.94. The van der Waals surface area contributed by atoms with E-state index in [1.807, 2.05) is 6.07 Å². The molecule has 0 aliphatic carbocycles. The second-order valence-corrected chi connectivity index (χ2v) is 2.18. The molecular formula is C9H7NO2. The third-order valence-electron chi connectivity index (χ3n) is 1.44. The van der Waals surface area contributed by atoms with E-state index in [2.05, 4.69) is 4.74 Å². The van der Waals surface area contributed by atoms with Gasteiger partial charge in [0, 0.05) is 0 Å². The van der Waals surface area contributed by atoms with Crippen LogP contribution in [0.3, 0.4) is 0 Å². The van der Waals surface area contributed by atoms with E-state index >= 15 is 0 Å². The number of benzene rings is 1. The number of carbonyl (C=O) groups excluding carboxylic acids is 1. The van der Waals surface area contributed by atoms with Gasteiger partial charge in [0.05, 0.1) is 24.3 Å². The molecule has 0 fully saturated rings. The van der Waals surface area contributed by atoms with Gasteiger partial charge in [-0.3, -0.25) is 0 Å². The van der Waals surface area contributed by atoms with Crippen molar-refractivity contribution in [1.82, 2.24) is 0 Å². The molecule has 0 amide bonds. The van der Waals surface area contributed by atoms with Gasteiger partial charge in [0.1, 0.15) is 0 Å². The first-order valence-corrected chi connectivity index (χ1v) is 3.36. The highest BCUT2D eigenvalue weighted by Crippen LogP contribution is 2.03. The van der Waals surface area contributed by atoms with Gasteiger partial charge in [-0.1, -0.05) is 0 Å². The van der Waals surface area contributed by atoms with Crippen LogP contribution in [0, 0.1) is 11.3 Å². The fourth-order valence-electron chi connectivity index (χ4n) is 0.799. The third-order valence-corrected chi connectivity index (χ3v) is 1.44. The van der Waals surface area contributed by atoms with Crippen molar-refractivity contribution in [2.75, 3.05) is 7.11 Å². The van der Waals surface area contributed by atoms with Crippen LogP contribution in [-0.4, -0.2) is 13.1 Å². The Bertz CT molecular complexity index is 321. The fraction of sp³-hybridized carbons (Fsp3) is 0.111. The molecule has 0 aromatic heterocycles. The molecule has 60 valence electrons. The van der Waals surface area contributed by atoms with Crippen LogP contribution in [0.25, 0.3) is 0 Å². The summed E-state index contributed by atoms with van der Waals surface area (Å²) in [5.74, 6) is -0.389. The largest absolute Gasteiger partial charge is 0.465 e. The average Bonchev–Trinajstić information content (AvgIpc) is 2.17. The van der Waals surface area contributed by atoms with E-state index in [1.165, 1.54) is 7.11 Å². The maximum Gasteiger partial charge on any atom is 0.337 e. The monoisotopic (exact) mass is 164 g/mol. The highest BCUT2D eigenvalue weighted by atomic mass is 16.6. The van der Waals surface area contributed by atoms with Crippen molar-refractivity contribution < 1.29 is 9.53 Å². The zero-order valence-corrected chi connectivity index (χ0v) is 6.57. The Morgan fingerprint density at radius 3 is 2.42 bits per heavy atom. The Kier molecular flexibility index (Phi) is 2.44. The van der Waals surface area contributed by atoms with E-state index in [1.54, 1.807) is 24.3 Å². The molecule has 0 aliphatic heterocycles. The summed E-state index contributed by atoms with van der Waals surface area (Å²) in [5, 5.41) is 8.46. The Hall–Kier alpha value is -1.82. The minimum absolute atomic E-state index is 0.389. The smallest absolute Gasteiger partial charge is 0.337 e. The zero-order valence-electron chi connectivity index (χ0n) is 6.57. The second kappa shape index (κ2) is 3.54. The summed E-state index contributed by atoms with van der Waals surface area (Å²) in [4.78, 5) is 10.9. The standard InChI is InChI=1S/C9H7NO2/c1-12-9(11)8-4-2-7(6-10)3-5-8/h2-5H,1H3/i6+1,9+1,10+1. The molecule has 0 saturated heterocycles. The van der Waals surface area contributed by atoms with Gasteiger partial charge in [-0.05, 0) is 24.3 Å². The molecule has 0 N–H and O–H groups in total. The number of ether oxygens (including phenoxy) is 1. The summed E-state index contributed by atoms with van der Waals surface area (Å²) in [6, 6.07) is 8.23. The van der Waals surface area contributed by atoms with E-state index in [-0.39, 0.29) is 5.97 Å². The molecule has 0 heterocycles. The fourth-order valence-corrected chi connectivity index (χ4v) is 0.799. The van der Waals surface area contributed by atoms with E-state index < -0.39 is 0 Å². The van der Waals surface area contributed by atoms with E-state index in [0.29, 0.717) is 11.1 Å². The van der Waals surface area contributed by atoms with Gasteiger partial charge in [-0.2, -0.15) is 5.26 Å². The van der Waals surface area contributed by atoms with Crippen LogP contribution >= 0.6 is 0 Å². The van der Waals surface area contributed by atoms with Crippen molar-refractivity contribution in [3.8, 4) is 6.07 Å². The molecule has 0 aliphatic rings. The molecule has 0 unspecified atom stereocenters. The van der Waals surface area contributed by atoms with Crippen molar-refractivity contribution in [1.29, 1.82) is 5.26 Å². The number of methoxy groups -OCH3 is 1. The summed E-state index contributed by atoms with van der Waals surface area (Å²) in [7, 11) is 1.32. The predicted molar refractivity (Wildman–Crippen MR) is 42.5 cm³/mol. The van der Waals surface area contributed by atoms with Crippen molar-refractivity contribution >= 4 is 5.97 Å². The molecule has 1 aromatic carbocycles. The zero-order chi connectivity index (χ0) is 8.97. The topological polar surface area (TPSA) is 50.1 Å². The van der Waals surface area contributed by atoms with Gasteiger partial charge in [-0.15, -0.1) is 0 Å². The van der Waals surface area contributed by atoms with Gasteiger partial charge in [0.25, 0.3) is 0 Å². The maximum absolute atomic E-state index is 10.9. The van der Waals surface area contributed by atoms with Gasteiger partial charge in [-0.25, -0.2) is 4.79 Å². The number of nitrogens with zero attached hydrogens (tertiary/aromatic N) is 1. The minimum atomic E-state index is -0.389. The van der Waals surface area contributed by atoms with Gasteiger partial charge >= 0.3 is 5.97 Å². The molecule has 0 atom stereocenters. The third kappa shape index (κ3) is 1.61. The molecule has 1 rings (SSSR count). The lowest BCUT2D eigenvalue weighted by atomic mass is 10.2. The first-order valence-electron chi connectivity index (χ1n) is 3.36. The lowest BCUT2D eigenvalue weighted by molar-refractivity contribution is 0.0601. The van der Waals surface area contributed by atoms with Crippen LogP contribution in [0.15, 0.2) is 24.3 Å². The van der Waals surface area contributed by atoms with Crippen LogP contribution in [0.2, 0.25) is 0 Å². The predicted octanol–water partition coefficient (Wildman–Crippen LogP) is 1.34. The number of nitriles is 1. The van der Waals surface area contributed by atoms with Crippen molar-refractivity contribution in [3.05, 3.63) is 35.4 Å². The summed E-state index contributed by atoms with van der Waals surface area (Å²) >= 11 is 0. The van der Waals surface area contributed by atoms with Crippen LogP contribution in [-0.2, 0) is 4.74 Å². The van der Waals surface area contributed by atoms with E-state index in [4.69, 9.17) is 5.26 Å². The van der Waals surface area contributed by atoms with Crippen LogP contribution in [0.5, 0.6) is 0 Å². The van der Waals surface area contributed by atoms with Crippen molar-refractivity contribution in [3.63, 3.8) is 0 Å². The highest BCUT2D eigenvalue weighted by molar-refractivity contribution is 5.89. The van der Waals surface area contributed by atoms with Crippen LogP contribution < -0.4 is 0 Å². The molecule has 0 spiro atoms. The first-order chi connectivity index (χ1) is 5.77. The Labute approximate surface area is 70.2 Å². The van der Waals surface area contributed by atoms with Crippen LogP contribution in [0.1, 0.15) is 15.9 Å². The molecule has 1 aromatic rings. The average molecular weight is 164 g/mol. The number of hydrogen-bond donors (Lipinski definition) is 0. The maximum atomic E-state index is 10.9. The lowest BCUT2D eigenvalue weighted by Crippen LogP contribution is -2.00. The summed E-state index contributed by atoms with van der Waals surface area (Å²) in [6.07, 6.45) is 0. The number of hydrogen-bond acceptors (Lipinski definition) is 3. The first kappa shape index (κ1) is 8.28. The normalized spacial score (nSPS) is 8.67. The molecule has 12 heavy (non-hydrogen) atoms. The molecule has 3 heteroatoms. The summed E-state index contributed by atoms with van der Waals surface area (Å²) in [6.45, 7) is 0.